The van der Waals surface area contributed by atoms with E-state index in [4.69, 9.17) is 5.73 Å². The molecule has 0 saturated heterocycles. The third kappa shape index (κ3) is 2.17. The lowest BCUT2D eigenvalue weighted by Crippen LogP contribution is -2.12. The Balaban J connectivity index is 3.40. The van der Waals surface area contributed by atoms with E-state index in [0.717, 1.165) is 7.11 Å². The highest BCUT2D eigenvalue weighted by Gasteiger charge is 2.25. The number of halogens is 3. The maximum absolute atomic E-state index is 13.1. The number of alkyl halides is 2. The summed E-state index contributed by atoms with van der Waals surface area (Å²) in [5.74, 6) is -2.80. The minimum atomic E-state index is -3.16. The van der Waals surface area contributed by atoms with E-state index in [1.54, 1.807) is 0 Å². The molecule has 0 atom stereocenters. The number of hydrogen-bond donors (Lipinski definition) is 1. The van der Waals surface area contributed by atoms with E-state index in [1.165, 1.54) is 0 Å². The van der Waals surface area contributed by atoms with Crippen LogP contribution in [-0.4, -0.2) is 18.1 Å². The molecular weight excluding hydrogens is 213 g/mol. The van der Waals surface area contributed by atoms with Gasteiger partial charge in [0.1, 0.15) is 11.6 Å². The van der Waals surface area contributed by atoms with Crippen molar-refractivity contribution in [3.63, 3.8) is 0 Å². The second-order valence-corrected chi connectivity index (χ2v) is 2.58. The molecule has 0 unspecified atom stereocenters. The molecule has 82 valence electrons. The average molecular weight is 220 g/mol. The third-order valence-electron chi connectivity index (χ3n) is 1.62. The Morgan fingerprint density at radius 1 is 1.60 bits per heavy atom. The summed E-state index contributed by atoms with van der Waals surface area (Å²) in [6, 6.07) is 0.619. The smallest absolute Gasteiger partial charge is 0.357 e. The number of methoxy groups -OCH3 is 1. The first kappa shape index (κ1) is 11.3. The van der Waals surface area contributed by atoms with Gasteiger partial charge in [-0.2, -0.15) is 0 Å². The number of carbonyl (C=O) groups excluding carboxylic acids is 1. The first-order valence-corrected chi connectivity index (χ1v) is 3.79. The van der Waals surface area contributed by atoms with Crippen molar-refractivity contribution in [2.45, 2.75) is 6.43 Å². The zero-order valence-corrected chi connectivity index (χ0v) is 7.63. The van der Waals surface area contributed by atoms with Gasteiger partial charge < -0.3 is 10.5 Å². The molecule has 0 fully saturated rings. The summed E-state index contributed by atoms with van der Waals surface area (Å²) in [5, 5.41) is 0. The minimum Gasteiger partial charge on any atom is -0.464 e. The number of nitrogen functional groups attached to an aromatic ring is 1. The summed E-state index contributed by atoms with van der Waals surface area (Å²) >= 11 is 0. The highest BCUT2D eigenvalue weighted by molar-refractivity contribution is 5.89. The molecule has 0 saturated carbocycles. The van der Waals surface area contributed by atoms with E-state index in [2.05, 4.69) is 9.72 Å². The second-order valence-electron chi connectivity index (χ2n) is 2.58. The lowest BCUT2D eigenvalue weighted by Gasteiger charge is -2.07. The summed E-state index contributed by atoms with van der Waals surface area (Å²) < 4.78 is 42.0. The minimum absolute atomic E-state index is 0.364. The fraction of sp³-hybridized carbons (Fsp3) is 0.250. The van der Waals surface area contributed by atoms with Gasteiger partial charge in [-0.15, -0.1) is 0 Å². The van der Waals surface area contributed by atoms with Crippen LogP contribution in [0.1, 0.15) is 22.5 Å². The van der Waals surface area contributed by atoms with E-state index < -0.39 is 29.5 Å². The molecule has 1 heterocycles. The molecule has 1 aromatic rings. The van der Waals surface area contributed by atoms with Crippen LogP contribution in [0, 0.1) is 5.82 Å². The molecule has 7 heteroatoms. The molecule has 0 spiro atoms. The van der Waals surface area contributed by atoms with Crippen molar-refractivity contribution in [3.8, 4) is 0 Å². The van der Waals surface area contributed by atoms with Crippen molar-refractivity contribution >= 4 is 11.8 Å². The van der Waals surface area contributed by atoms with Crippen molar-refractivity contribution < 1.29 is 22.7 Å². The van der Waals surface area contributed by atoms with Gasteiger partial charge >= 0.3 is 5.97 Å². The molecule has 0 radical (unpaired) electrons. The summed E-state index contributed by atoms with van der Waals surface area (Å²) in [5.41, 5.74) is 3.22. The Hall–Kier alpha value is -1.79. The van der Waals surface area contributed by atoms with Gasteiger partial charge in [0.05, 0.1) is 12.7 Å². The van der Waals surface area contributed by atoms with Gasteiger partial charge in [-0.25, -0.2) is 22.9 Å². The van der Waals surface area contributed by atoms with Crippen LogP contribution in [0.5, 0.6) is 0 Å². The van der Waals surface area contributed by atoms with Crippen molar-refractivity contribution in [1.82, 2.24) is 4.98 Å². The van der Waals surface area contributed by atoms with Crippen LogP contribution >= 0.6 is 0 Å². The van der Waals surface area contributed by atoms with Crippen molar-refractivity contribution in [1.29, 1.82) is 0 Å². The van der Waals surface area contributed by atoms with E-state index in [1.807, 2.05) is 0 Å². The first-order valence-electron chi connectivity index (χ1n) is 3.79. The highest BCUT2D eigenvalue weighted by Crippen LogP contribution is 2.26. The Labute approximate surface area is 82.9 Å². The zero-order chi connectivity index (χ0) is 11.6. The molecule has 15 heavy (non-hydrogen) atoms. The predicted octanol–water partition coefficient (Wildman–Crippen LogP) is 1.53. The number of pyridine rings is 1. The van der Waals surface area contributed by atoms with Gasteiger partial charge in [-0.1, -0.05) is 0 Å². The number of hydrogen-bond acceptors (Lipinski definition) is 4. The maximum Gasteiger partial charge on any atom is 0.357 e. The summed E-state index contributed by atoms with van der Waals surface area (Å²) in [4.78, 5) is 14.3. The van der Waals surface area contributed by atoms with Gasteiger partial charge in [0.25, 0.3) is 6.43 Å². The monoisotopic (exact) mass is 220 g/mol. The van der Waals surface area contributed by atoms with Crippen molar-refractivity contribution in [2.75, 3.05) is 12.8 Å². The Kier molecular flexibility index (Phi) is 3.13. The average Bonchev–Trinajstić information content (AvgIpc) is 2.14. The van der Waals surface area contributed by atoms with Gasteiger partial charge in [-0.3, -0.25) is 0 Å². The lowest BCUT2D eigenvalue weighted by atomic mass is 10.2. The van der Waals surface area contributed by atoms with E-state index in [9.17, 15) is 18.0 Å². The van der Waals surface area contributed by atoms with Gasteiger partial charge in [0, 0.05) is 6.07 Å². The largest absolute Gasteiger partial charge is 0.464 e. The molecule has 0 aliphatic carbocycles. The predicted molar refractivity (Wildman–Crippen MR) is 44.9 cm³/mol. The van der Waals surface area contributed by atoms with Crippen LogP contribution < -0.4 is 5.73 Å². The molecule has 0 aliphatic rings. The molecule has 2 N–H and O–H groups in total. The first-order chi connectivity index (χ1) is 6.97. The van der Waals surface area contributed by atoms with Crippen LogP contribution in [0.4, 0.5) is 19.0 Å². The van der Waals surface area contributed by atoms with Gasteiger partial charge in [-0.05, 0) is 0 Å². The fourth-order valence-electron chi connectivity index (χ4n) is 1.00. The number of nitrogens with zero attached hydrogens (tertiary/aromatic N) is 1. The van der Waals surface area contributed by atoms with Crippen LogP contribution in [-0.2, 0) is 4.74 Å². The van der Waals surface area contributed by atoms with Crippen molar-refractivity contribution in [2.24, 2.45) is 0 Å². The van der Waals surface area contributed by atoms with Crippen LogP contribution in [0.3, 0.4) is 0 Å². The fourth-order valence-corrected chi connectivity index (χ4v) is 1.00. The van der Waals surface area contributed by atoms with Gasteiger partial charge in [0.2, 0.25) is 0 Å². The molecular formula is C8H7F3N2O2. The number of anilines is 1. The van der Waals surface area contributed by atoms with Crippen LogP contribution in [0.25, 0.3) is 0 Å². The van der Waals surface area contributed by atoms with Crippen LogP contribution in [0.15, 0.2) is 6.07 Å². The summed E-state index contributed by atoms with van der Waals surface area (Å²) in [6.45, 7) is 0. The quantitative estimate of drug-likeness (QED) is 0.767. The lowest BCUT2D eigenvalue weighted by molar-refractivity contribution is 0.0579. The Morgan fingerprint density at radius 3 is 2.67 bits per heavy atom. The molecule has 0 bridgehead atoms. The molecule has 1 rings (SSSR count). The number of aromatic nitrogens is 1. The SMILES string of the molecule is COC(=O)c1nc(N)cc(F)c1C(F)F. The molecule has 0 aromatic carbocycles. The maximum atomic E-state index is 13.1. The van der Waals surface area contributed by atoms with E-state index in [-0.39, 0.29) is 5.82 Å². The van der Waals surface area contributed by atoms with Gasteiger partial charge in [0.15, 0.2) is 5.69 Å². The standard InChI is InChI=1S/C8H7F3N2O2/c1-15-8(14)6-5(7(10)11)3(9)2-4(12)13-6/h2,7H,1H3,(H2,12,13). The van der Waals surface area contributed by atoms with Crippen LogP contribution in [0.2, 0.25) is 0 Å². The second kappa shape index (κ2) is 4.16. The Bertz CT molecular complexity index is 396. The number of nitrogens with two attached hydrogens (primary N) is 1. The topological polar surface area (TPSA) is 65.2 Å². The number of rotatable bonds is 2. The number of ether oxygens (including phenoxy) is 1. The summed E-state index contributed by atoms with van der Waals surface area (Å²) in [7, 11) is 0.973. The molecule has 0 aliphatic heterocycles. The summed E-state index contributed by atoms with van der Waals surface area (Å²) in [6.07, 6.45) is -3.16. The number of esters is 1. The zero-order valence-electron chi connectivity index (χ0n) is 7.63. The highest BCUT2D eigenvalue weighted by atomic mass is 19.3. The van der Waals surface area contributed by atoms with E-state index in [0.29, 0.717) is 6.07 Å². The third-order valence-corrected chi connectivity index (χ3v) is 1.62. The Morgan fingerprint density at radius 2 is 2.20 bits per heavy atom. The molecule has 0 amide bonds. The molecule has 4 nitrogen and oxygen atoms in total. The number of carbonyl (C=O) groups is 1. The molecule has 1 aromatic heterocycles. The van der Waals surface area contributed by atoms with Crippen molar-refractivity contribution in [3.05, 3.63) is 23.1 Å². The normalized spacial score (nSPS) is 10.5. The van der Waals surface area contributed by atoms with E-state index >= 15 is 0 Å².